The van der Waals surface area contributed by atoms with Crippen LogP contribution in [0.2, 0.25) is 0 Å². The van der Waals surface area contributed by atoms with E-state index in [9.17, 15) is 13.2 Å². The molecule has 0 radical (unpaired) electrons. The molecule has 28 heavy (non-hydrogen) atoms. The van der Waals surface area contributed by atoms with Crippen LogP contribution in [0.5, 0.6) is 0 Å². The van der Waals surface area contributed by atoms with Gasteiger partial charge in [0.05, 0.1) is 0 Å². The number of esters is 1. The van der Waals surface area contributed by atoms with Crippen LogP contribution in [0.4, 0.5) is 0 Å². The first-order chi connectivity index (χ1) is 13.5. The molecule has 0 amide bonds. The summed E-state index contributed by atoms with van der Waals surface area (Å²) < 4.78 is 34.3. The van der Waals surface area contributed by atoms with Gasteiger partial charge in [-0.3, -0.25) is 0 Å². The average Bonchev–Trinajstić information content (AvgIpc) is 2.97. The number of nitrogens with zero attached hydrogens (tertiary/aromatic N) is 2. The summed E-state index contributed by atoms with van der Waals surface area (Å²) in [5.74, 6) is 0.0125. The van der Waals surface area contributed by atoms with Crippen molar-refractivity contribution >= 4 is 21.8 Å². The Hall–Kier alpha value is -2.67. The highest BCUT2D eigenvalue weighted by Gasteiger charge is 2.38. The highest BCUT2D eigenvalue weighted by Crippen LogP contribution is 2.31. The Morgan fingerprint density at radius 2 is 2.00 bits per heavy atom. The number of hydrogen-bond acceptors (Lipinski definition) is 5. The Bertz CT molecular complexity index is 1050. The van der Waals surface area contributed by atoms with Gasteiger partial charge in [0, 0.05) is 12.1 Å². The number of likely N-dealkylation sites (tertiary alicyclic amines) is 1. The predicted molar refractivity (Wildman–Crippen MR) is 105 cm³/mol. The molecule has 1 fully saturated rings. The van der Waals surface area contributed by atoms with Gasteiger partial charge >= 0.3 is 5.97 Å². The van der Waals surface area contributed by atoms with Crippen LogP contribution in [0.15, 0.2) is 57.8 Å². The highest BCUT2D eigenvalue weighted by atomic mass is 32.2. The molecule has 2 heterocycles. The molecule has 0 N–H and O–H groups in total. The maximum Gasteiger partial charge on any atom is 0.329 e. The van der Waals surface area contributed by atoms with E-state index in [1.165, 1.54) is 0 Å². The van der Waals surface area contributed by atoms with Crippen molar-refractivity contribution in [1.29, 1.82) is 0 Å². The van der Waals surface area contributed by atoms with Crippen molar-refractivity contribution < 1.29 is 17.9 Å². The first-order valence-electron chi connectivity index (χ1n) is 9.39. The van der Waals surface area contributed by atoms with Crippen LogP contribution in [-0.2, 0) is 26.2 Å². The maximum atomic E-state index is 12.8. The first kappa shape index (κ1) is 18.7. The van der Waals surface area contributed by atoms with Crippen LogP contribution >= 0.6 is 0 Å². The van der Waals surface area contributed by atoms with Crippen LogP contribution in [0, 0.1) is 6.92 Å². The van der Waals surface area contributed by atoms with Gasteiger partial charge in [0.2, 0.25) is 0 Å². The lowest BCUT2D eigenvalue weighted by atomic mass is 10.0. The predicted octanol–water partition coefficient (Wildman–Crippen LogP) is 3.04. The van der Waals surface area contributed by atoms with E-state index in [2.05, 4.69) is 4.40 Å². The topological polar surface area (TPSA) is 76.0 Å². The van der Waals surface area contributed by atoms with Crippen molar-refractivity contribution in [2.45, 2.75) is 43.7 Å². The average molecular weight is 398 g/mol. The van der Waals surface area contributed by atoms with Crippen molar-refractivity contribution in [1.82, 2.24) is 4.90 Å². The molecule has 0 spiro atoms. The monoisotopic (exact) mass is 398 g/mol. The van der Waals surface area contributed by atoms with Crippen LogP contribution in [0.25, 0.3) is 0 Å². The number of amidine groups is 1. The van der Waals surface area contributed by atoms with E-state index < -0.39 is 16.1 Å². The fraction of sp³-hybridized carbons (Fsp3) is 0.333. The molecular formula is C21H22N2O4S. The molecule has 2 aromatic carbocycles. The summed E-state index contributed by atoms with van der Waals surface area (Å²) in [6.45, 7) is 2.77. The SMILES string of the molecule is Cc1cccc(COC(=O)[C@@H]2CCCCN2C2=NS(=O)(=O)c3ccccc32)c1. The number of rotatable bonds is 3. The standard InChI is InChI=1S/C21H22N2O4S/c1-15-7-6-8-16(13-15)14-27-21(24)18-10-4-5-12-23(18)20-17-9-2-3-11-19(17)28(25,26)22-20/h2-3,6-9,11,13,18H,4-5,10,12,14H2,1H3/t18-/m0/s1. The summed E-state index contributed by atoms with van der Waals surface area (Å²) >= 11 is 0. The highest BCUT2D eigenvalue weighted by molar-refractivity contribution is 7.90. The Kier molecular flexibility index (Phi) is 4.93. The minimum Gasteiger partial charge on any atom is -0.459 e. The zero-order chi connectivity index (χ0) is 19.7. The molecule has 0 aliphatic carbocycles. The third-order valence-electron chi connectivity index (χ3n) is 5.12. The van der Waals surface area contributed by atoms with E-state index in [1.807, 2.05) is 31.2 Å². The number of carbonyl (C=O) groups is 1. The van der Waals surface area contributed by atoms with Crippen molar-refractivity contribution in [3.63, 3.8) is 0 Å². The minimum absolute atomic E-state index is 0.197. The lowest BCUT2D eigenvalue weighted by Crippen LogP contribution is -2.48. The third kappa shape index (κ3) is 3.54. The lowest BCUT2D eigenvalue weighted by molar-refractivity contribution is -0.150. The van der Waals surface area contributed by atoms with Crippen LogP contribution in [-0.4, -0.2) is 37.7 Å². The number of aryl methyl sites for hydroxylation is 1. The summed E-state index contributed by atoms with van der Waals surface area (Å²) in [6.07, 6.45) is 2.39. The number of benzene rings is 2. The smallest absolute Gasteiger partial charge is 0.329 e. The Labute approximate surface area is 164 Å². The molecule has 0 bridgehead atoms. The van der Waals surface area contributed by atoms with Crippen LogP contribution in [0.3, 0.4) is 0 Å². The molecule has 2 aliphatic heterocycles. The second-order valence-corrected chi connectivity index (χ2v) is 8.76. The van der Waals surface area contributed by atoms with Gasteiger partial charge in [-0.15, -0.1) is 4.40 Å². The van der Waals surface area contributed by atoms with Crippen molar-refractivity contribution in [3.8, 4) is 0 Å². The normalized spacial score (nSPS) is 20.4. The van der Waals surface area contributed by atoms with Gasteiger partial charge in [0.25, 0.3) is 10.0 Å². The molecule has 146 valence electrons. The number of hydrogen-bond donors (Lipinski definition) is 0. The molecule has 4 rings (SSSR count). The third-order valence-corrected chi connectivity index (χ3v) is 6.45. The molecule has 1 saturated heterocycles. The van der Waals surface area contributed by atoms with Crippen molar-refractivity contribution in [3.05, 3.63) is 65.2 Å². The minimum atomic E-state index is -3.72. The first-order valence-corrected chi connectivity index (χ1v) is 10.8. The van der Waals surface area contributed by atoms with Gasteiger partial charge in [0.15, 0.2) is 5.84 Å². The number of fused-ring (bicyclic) bond motifs is 1. The zero-order valence-electron chi connectivity index (χ0n) is 15.7. The molecule has 2 aliphatic rings. The number of carbonyl (C=O) groups excluding carboxylic acids is 1. The van der Waals surface area contributed by atoms with E-state index in [0.29, 0.717) is 24.4 Å². The fourth-order valence-corrected chi connectivity index (χ4v) is 5.00. The maximum absolute atomic E-state index is 12.8. The summed E-state index contributed by atoms with van der Waals surface area (Å²) in [5.41, 5.74) is 2.60. The molecule has 1 atom stereocenters. The van der Waals surface area contributed by atoms with E-state index >= 15 is 0 Å². The summed E-state index contributed by atoms with van der Waals surface area (Å²) in [4.78, 5) is 14.8. The Morgan fingerprint density at radius 1 is 1.18 bits per heavy atom. The zero-order valence-corrected chi connectivity index (χ0v) is 16.5. The number of sulfonamides is 1. The van der Waals surface area contributed by atoms with E-state index in [-0.39, 0.29) is 17.5 Å². The van der Waals surface area contributed by atoms with Crippen LogP contribution < -0.4 is 0 Å². The number of ether oxygens (including phenoxy) is 1. The largest absolute Gasteiger partial charge is 0.459 e. The quantitative estimate of drug-likeness (QED) is 0.743. The van der Waals surface area contributed by atoms with Gasteiger partial charge in [0.1, 0.15) is 17.5 Å². The van der Waals surface area contributed by atoms with E-state index in [1.54, 1.807) is 29.2 Å². The van der Waals surface area contributed by atoms with E-state index in [4.69, 9.17) is 4.74 Å². The molecule has 2 aromatic rings. The second-order valence-electron chi connectivity index (χ2n) is 7.19. The Morgan fingerprint density at radius 3 is 2.82 bits per heavy atom. The van der Waals surface area contributed by atoms with Gasteiger partial charge < -0.3 is 9.64 Å². The summed E-state index contributed by atoms with van der Waals surface area (Å²) in [6, 6.07) is 14.0. The van der Waals surface area contributed by atoms with Crippen molar-refractivity contribution in [2.24, 2.45) is 4.40 Å². The number of piperidine rings is 1. The summed E-state index contributed by atoms with van der Waals surface area (Å²) in [5, 5.41) is 0. The van der Waals surface area contributed by atoms with Gasteiger partial charge in [-0.2, -0.15) is 8.42 Å². The second kappa shape index (κ2) is 7.39. The van der Waals surface area contributed by atoms with Gasteiger partial charge in [-0.1, -0.05) is 42.0 Å². The molecule has 0 saturated carbocycles. The molecule has 0 unspecified atom stereocenters. The van der Waals surface area contributed by atoms with Crippen LogP contribution in [0.1, 0.15) is 36.0 Å². The molecule has 0 aromatic heterocycles. The molecule has 6 nitrogen and oxygen atoms in total. The Balaban J connectivity index is 1.56. The lowest BCUT2D eigenvalue weighted by Gasteiger charge is -2.35. The molecule has 7 heteroatoms. The van der Waals surface area contributed by atoms with Gasteiger partial charge in [-0.25, -0.2) is 4.79 Å². The summed E-state index contributed by atoms with van der Waals surface area (Å²) in [7, 11) is -3.72. The van der Waals surface area contributed by atoms with Gasteiger partial charge in [-0.05, 0) is 43.9 Å². The fourth-order valence-electron chi connectivity index (χ4n) is 3.78. The van der Waals surface area contributed by atoms with E-state index in [0.717, 1.165) is 24.0 Å². The van der Waals surface area contributed by atoms with Crippen molar-refractivity contribution in [2.75, 3.05) is 6.54 Å². The molecular weight excluding hydrogens is 376 g/mol.